The molecule has 98 valence electrons. The van der Waals surface area contributed by atoms with Crippen molar-refractivity contribution < 1.29 is 13.6 Å². The van der Waals surface area contributed by atoms with E-state index in [1.54, 1.807) is 18.2 Å². The van der Waals surface area contributed by atoms with Gasteiger partial charge in [0.15, 0.2) is 5.78 Å². The second kappa shape index (κ2) is 5.51. The normalized spacial score (nSPS) is 10.6. The van der Waals surface area contributed by atoms with Crippen LogP contribution in [0.3, 0.4) is 0 Å². The Balaban J connectivity index is 2.56. The van der Waals surface area contributed by atoms with Crippen molar-refractivity contribution in [3.8, 4) is 0 Å². The average molecular weight is 390 g/mol. The van der Waals surface area contributed by atoms with Gasteiger partial charge in [0.05, 0.1) is 5.56 Å². The molecule has 2 rings (SSSR count). The van der Waals surface area contributed by atoms with E-state index in [4.69, 9.17) is 0 Å². The van der Waals surface area contributed by atoms with Crippen molar-refractivity contribution in [3.63, 3.8) is 0 Å². The minimum Gasteiger partial charge on any atom is -0.288 e. The Morgan fingerprint density at radius 3 is 2.37 bits per heavy atom. The fourth-order valence-corrected chi connectivity index (χ4v) is 2.44. The fraction of sp³-hybridized carbons (Fsp3) is 0.0714. The lowest BCUT2D eigenvalue weighted by Crippen LogP contribution is -2.06. The molecular formula is C14H8Br2F2O. The van der Waals surface area contributed by atoms with Crippen LogP contribution < -0.4 is 0 Å². The van der Waals surface area contributed by atoms with Gasteiger partial charge in [0.1, 0.15) is 11.6 Å². The van der Waals surface area contributed by atoms with Gasteiger partial charge in [-0.1, -0.05) is 31.9 Å². The summed E-state index contributed by atoms with van der Waals surface area (Å²) >= 11 is 6.50. The number of benzene rings is 2. The van der Waals surface area contributed by atoms with Crippen molar-refractivity contribution in [2.24, 2.45) is 0 Å². The van der Waals surface area contributed by atoms with Crippen molar-refractivity contribution in [2.45, 2.75) is 6.92 Å². The van der Waals surface area contributed by atoms with E-state index in [0.717, 1.165) is 6.07 Å². The average Bonchev–Trinajstić information content (AvgIpc) is 2.36. The first-order chi connectivity index (χ1) is 8.90. The highest BCUT2D eigenvalue weighted by Gasteiger charge is 2.18. The van der Waals surface area contributed by atoms with E-state index in [-0.39, 0.29) is 11.1 Å². The van der Waals surface area contributed by atoms with Crippen LogP contribution in [-0.4, -0.2) is 5.78 Å². The Bertz CT molecular complexity index is 669. The van der Waals surface area contributed by atoms with Gasteiger partial charge in [0.2, 0.25) is 0 Å². The summed E-state index contributed by atoms with van der Waals surface area (Å²) in [5.74, 6) is -2.02. The summed E-state index contributed by atoms with van der Waals surface area (Å²) in [6.07, 6.45) is 0. The molecule has 0 bridgehead atoms. The standard InChI is InChI=1S/C14H8Br2F2O/c1-7-4-10(13(18)6-12(7)17)14(19)9-5-8(15)2-3-11(9)16/h2-6H,1H3. The van der Waals surface area contributed by atoms with Crippen LogP contribution in [0.1, 0.15) is 21.5 Å². The molecule has 0 radical (unpaired) electrons. The maximum Gasteiger partial charge on any atom is 0.197 e. The van der Waals surface area contributed by atoms with E-state index in [2.05, 4.69) is 31.9 Å². The summed E-state index contributed by atoms with van der Waals surface area (Å²) in [5.41, 5.74) is 0.410. The van der Waals surface area contributed by atoms with Crippen molar-refractivity contribution in [3.05, 3.63) is 67.6 Å². The first-order valence-corrected chi connectivity index (χ1v) is 6.94. The van der Waals surface area contributed by atoms with Crippen molar-refractivity contribution >= 4 is 37.6 Å². The summed E-state index contributed by atoms with van der Waals surface area (Å²) in [4.78, 5) is 12.3. The van der Waals surface area contributed by atoms with E-state index >= 15 is 0 Å². The molecule has 0 aromatic heterocycles. The monoisotopic (exact) mass is 388 g/mol. The largest absolute Gasteiger partial charge is 0.288 e. The minimum absolute atomic E-state index is 0.141. The van der Waals surface area contributed by atoms with Crippen LogP contribution in [0.25, 0.3) is 0 Å². The molecule has 0 saturated heterocycles. The van der Waals surface area contributed by atoms with Crippen LogP contribution >= 0.6 is 31.9 Å². The zero-order valence-corrected chi connectivity index (χ0v) is 13.0. The number of hydrogen-bond donors (Lipinski definition) is 0. The second-order valence-corrected chi connectivity index (χ2v) is 5.80. The molecule has 2 aromatic carbocycles. The molecule has 0 amide bonds. The summed E-state index contributed by atoms with van der Waals surface area (Å²) in [6, 6.07) is 6.98. The quantitative estimate of drug-likeness (QED) is 0.658. The van der Waals surface area contributed by atoms with Crippen molar-refractivity contribution in [1.29, 1.82) is 0 Å². The highest BCUT2D eigenvalue weighted by Crippen LogP contribution is 2.26. The van der Waals surface area contributed by atoms with E-state index < -0.39 is 17.4 Å². The second-order valence-electron chi connectivity index (χ2n) is 4.03. The Kier molecular flexibility index (Phi) is 4.16. The molecule has 0 atom stereocenters. The summed E-state index contributed by atoms with van der Waals surface area (Å²) < 4.78 is 28.2. The molecule has 19 heavy (non-hydrogen) atoms. The van der Waals surface area contributed by atoms with Crippen LogP contribution in [0.15, 0.2) is 39.3 Å². The van der Waals surface area contributed by atoms with Gasteiger partial charge in [0, 0.05) is 20.6 Å². The first-order valence-electron chi connectivity index (χ1n) is 5.35. The third-order valence-corrected chi connectivity index (χ3v) is 3.85. The molecule has 0 aliphatic rings. The number of aryl methyl sites for hydroxylation is 1. The summed E-state index contributed by atoms with van der Waals surface area (Å²) in [7, 11) is 0. The molecule has 0 aliphatic carbocycles. The molecule has 0 aliphatic heterocycles. The van der Waals surface area contributed by atoms with Gasteiger partial charge in [-0.25, -0.2) is 8.78 Å². The van der Waals surface area contributed by atoms with E-state index in [1.165, 1.54) is 13.0 Å². The Morgan fingerprint density at radius 1 is 1.00 bits per heavy atom. The molecule has 5 heteroatoms. The predicted molar refractivity (Wildman–Crippen MR) is 76.4 cm³/mol. The zero-order chi connectivity index (χ0) is 14.2. The lowest BCUT2D eigenvalue weighted by Gasteiger charge is -2.07. The van der Waals surface area contributed by atoms with Gasteiger partial charge in [-0.2, -0.15) is 0 Å². The molecular weight excluding hydrogens is 382 g/mol. The maximum absolute atomic E-state index is 13.7. The van der Waals surface area contributed by atoms with Crippen LogP contribution in [0.4, 0.5) is 8.78 Å². The molecule has 2 aromatic rings. The van der Waals surface area contributed by atoms with Gasteiger partial charge in [-0.05, 0) is 36.8 Å². The summed E-state index contributed by atoms with van der Waals surface area (Å²) in [5, 5.41) is 0. The van der Waals surface area contributed by atoms with Crippen LogP contribution in [-0.2, 0) is 0 Å². The van der Waals surface area contributed by atoms with Gasteiger partial charge in [-0.15, -0.1) is 0 Å². The van der Waals surface area contributed by atoms with Gasteiger partial charge >= 0.3 is 0 Å². The zero-order valence-electron chi connectivity index (χ0n) is 9.81. The highest BCUT2D eigenvalue weighted by molar-refractivity contribution is 9.11. The van der Waals surface area contributed by atoms with Gasteiger partial charge in [0.25, 0.3) is 0 Å². The van der Waals surface area contributed by atoms with Gasteiger partial charge < -0.3 is 0 Å². The number of halogens is 4. The predicted octanol–water partition coefficient (Wildman–Crippen LogP) is 5.03. The van der Waals surface area contributed by atoms with Crippen molar-refractivity contribution in [1.82, 2.24) is 0 Å². The smallest absolute Gasteiger partial charge is 0.197 e. The third-order valence-electron chi connectivity index (χ3n) is 2.67. The molecule has 0 spiro atoms. The number of rotatable bonds is 2. The molecule has 1 nitrogen and oxygen atoms in total. The first kappa shape index (κ1) is 14.3. The molecule has 0 saturated carbocycles. The number of hydrogen-bond acceptors (Lipinski definition) is 1. The SMILES string of the molecule is Cc1cc(C(=O)c2cc(Br)ccc2Br)c(F)cc1F. The highest BCUT2D eigenvalue weighted by atomic mass is 79.9. The van der Waals surface area contributed by atoms with Crippen LogP contribution in [0.5, 0.6) is 0 Å². The topological polar surface area (TPSA) is 17.1 Å². The fourth-order valence-electron chi connectivity index (χ4n) is 1.65. The Morgan fingerprint density at radius 2 is 1.68 bits per heavy atom. The molecule has 0 N–H and O–H groups in total. The lowest BCUT2D eigenvalue weighted by atomic mass is 10.0. The van der Waals surface area contributed by atoms with Gasteiger partial charge in [-0.3, -0.25) is 4.79 Å². The Labute approximate surface area is 125 Å². The van der Waals surface area contributed by atoms with E-state index in [0.29, 0.717) is 14.5 Å². The molecule has 0 heterocycles. The molecule has 0 unspecified atom stereocenters. The minimum atomic E-state index is -0.861. The van der Waals surface area contributed by atoms with Crippen LogP contribution in [0.2, 0.25) is 0 Å². The lowest BCUT2D eigenvalue weighted by molar-refractivity contribution is 0.103. The third kappa shape index (κ3) is 2.92. The van der Waals surface area contributed by atoms with E-state index in [1.807, 2.05) is 0 Å². The van der Waals surface area contributed by atoms with Crippen LogP contribution in [0, 0.1) is 18.6 Å². The maximum atomic E-state index is 13.7. The number of carbonyl (C=O) groups is 1. The Hall–Kier alpha value is -1.07. The molecule has 0 fully saturated rings. The van der Waals surface area contributed by atoms with Crippen molar-refractivity contribution in [2.75, 3.05) is 0 Å². The number of carbonyl (C=O) groups excluding carboxylic acids is 1. The van der Waals surface area contributed by atoms with E-state index in [9.17, 15) is 13.6 Å². The summed E-state index contributed by atoms with van der Waals surface area (Å²) in [6.45, 7) is 1.49. The number of ketones is 1.